The van der Waals surface area contributed by atoms with Gasteiger partial charge in [-0.2, -0.15) is 0 Å². The van der Waals surface area contributed by atoms with E-state index in [0.717, 1.165) is 42.5 Å². The first-order valence-electron chi connectivity index (χ1n) is 11.5. The second kappa shape index (κ2) is 8.09. The zero-order valence-corrected chi connectivity index (χ0v) is 18.8. The molecule has 4 rings (SSSR count). The average Bonchev–Trinajstić information content (AvgIpc) is 3.24. The van der Waals surface area contributed by atoms with Crippen LogP contribution in [-0.2, 0) is 16.1 Å². The Morgan fingerprint density at radius 2 is 1.83 bits per heavy atom. The largest absolute Gasteiger partial charge is 0.384 e. The van der Waals surface area contributed by atoms with Gasteiger partial charge in [0, 0.05) is 31.2 Å². The molecule has 30 heavy (non-hydrogen) atoms. The van der Waals surface area contributed by atoms with Crippen molar-refractivity contribution in [2.45, 2.75) is 71.5 Å². The van der Waals surface area contributed by atoms with Crippen LogP contribution in [0.1, 0.15) is 58.9 Å². The molecular formula is C25H35N3O2. The fraction of sp³-hybridized carbons (Fsp3) is 0.600. The summed E-state index contributed by atoms with van der Waals surface area (Å²) >= 11 is 0. The third-order valence-corrected chi connectivity index (χ3v) is 7.12. The Hall–Kier alpha value is -2.30. The van der Waals surface area contributed by atoms with Gasteiger partial charge in [-0.05, 0) is 38.2 Å². The van der Waals surface area contributed by atoms with Crippen molar-refractivity contribution in [1.29, 1.82) is 0 Å². The van der Waals surface area contributed by atoms with Gasteiger partial charge in [0.1, 0.15) is 0 Å². The zero-order valence-electron chi connectivity index (χ0n) is 18.8. The van der Waals surface area contributed by atoms with Gasteiger partial charge in [0.2, 0.25) is 5.91 Å². The van der Waals surface area contributed by atoms with Gasteiger partial charge in [-0.15, -0.1) is 0 Å². The number of rotatable bonds is 4. The predicted molar refractivity (Wildman–Crippen MR) is 118 cm³/mol. The van der Waals surface area contributed by atoms with E-state index in [9.17, 15) is 9.59 Å². The van der Waals surface area contributed by atoms with Crippen molar-refractivity contribution >= 4 is 11.8 Å². The fourth-order valence-electron chi connectivity index (χ4n) is 5.54. The summed E-state index contributed by atoms with van der Waals surface area (Å²) < 4.78 is 0. The van der Waals surface area contributed by atoms with Crippen LogP contribution in [0.2, 0.25) is 0 Å². The van der Waals surface area contributed by atoms with E-state index in [1.807, 2.05) is 28.0 Å². The molecule has 0 bridgehead atoms. The number of amides is 2. The molecule has 5 heteroatoms. The molecule has 1 atom stereocenters. The first-order valence-corrected chi connectivity index (χ1v) is 11.5. The van der Waals surface area contributed by atoms with Gasteiger partial charge in [-0.1, -0.05) is 57.0 Å². The van der Waals surface area contributed by atoms with E-state index in [1.165, 1.54) is 0 Å². The highest BCUT2D eigenvalue weighted by molar-refractivity contribution is 6.00. The van der Waals surface area contributed by atoms with Gasteiger partial charge in [-0.25, -0.2) is 0 Å². The Labute approximate surface area is 180 Å². The van der Waals surface area contributed by atoms with E-state index >= 15 is 0 Å². The number of nitrogens with zero attached hydrogens (tertiary/aromatic N) is 2. The van der Waals surface area contributed by atoms with Gasteiger partial charge in [0.05, 0.1) is 17.2 Å². The van der Waals surface area contributed by atoms with Gasteiger partial charge >= 0.3 is 0 Å². The van der Waals surface area contributed by atoms with Crippen LogP contribution >= 0.6 is 0 Å². The van der Waals surface area contributed by atoms with E-state index in [-0.39, 0.29) is 29.7 Å². The standard InChI is InChI=1S/C25H35N3O2/c1-17(2)21-20-22(26-14-15-27(21)23(29)19-12-8-9-13-19)25(3,4)28(24(20)30)16-18-10-6-5-7-11-18/h5-7,10-11,17,19,21,26H,8-9,12-16H2,1-4H3. The molecule has 0 spiro atoms. The summed E-state index contributed by atoms with van der Waals surface area (Å²) in [6.45, 7) is 10.4. The van der Waals surface area contributed by atoms with E-state index in [2.05, 4.69) is 45.1 Å². The summed E-state index contributed by atoms with van der Waals surface area (Å²) in [5.74, 6) is 0.611. The van der Waals surface area contributed by atoms with Crippen LogP contribution < -0.4 is 5.32 Å². The Morgan fingerprint density at radius 3 is 2.47 bits per heavy atom. The highest BCUT2D eigenvalue weighted by Crippen LogP contribution is 2.41. The maximum atomic E-state index is 13.8. The summed E-state index contributed by atoms with van der Waals surface area (Å²) in [6, 6.07) is 9.98. The van der Waals surface area contributed by atoms with Gasteiger partial charge in [-0.3, -0.25) is 9.59 Å². The minimum absolute atomic E-state index is 0.0659. The quantitative estimate of drug-likeness (QED) is 0.825. The lowest BCUT2D eigenvalue weighted by atomic mass is 9.90. The van der Waals surface area contributed by atoms with Crippen molar-refractivity contribution in [3.05, 3.63) is 47.2 Å². The smallest absolute Gasteiger partial charge is 0.254 e. The Bertz CT molecular complexity index is 837. The lowest BCUT2D eigenvalue weighted by molar-refractivity contribution is -0.138. The monoisotopic (exact) mass is 409 g/mol. The molecule has 0 saturated heterocycles. The van der Waals surface area contributed by atoms with Crippen LogP contribution in [0.15, 0.2) is 41.6 Å². The molecule has 2 aliphatic heterocycles. The average molecular weight is 410 g/mol. The number of hydrogen-bond acceptors (Lipinski definition) is 3. The van der Waals surface area contributed by atoms with Crippen LogP contribution in [0, 0.1) is 11.8 Å². The molecule has 1 aromatic carbocycles. The molecule has 1 N–H and O–H groups in total. The first kappa shape index (κ1) is 21.0. The van der Waals surface area contributed by atoms with Crippen molar-refractivity contribution < 1.29 is 9.59 Å². The molecule has 0 radical (unpaired) electrons. The molecule has 2 amide bonds. The maximum absolute atomic E-state index is 13.8. The lowest BCUT2D eigenvalue weighted by Crippen LogP contribution is -2.51. The predicted octanol–water partition coefficient (Wildman–Crippen LogP) is 3.71. The SMILES string of the molecule is CC(C)C1C2=C(NCCN1C(=O)C1CCCC1)C(C)(C)N(Cc1ccccc1)C2=O. The lowest BCUT2D eigenvalue weighted by Gasteiger charge is -2.37. The van der Waals surface area contributed by atoms with Crippen LogP contribution in [0.4, 0.5) is 0 Å². The molecule has 1 saturated carbocycles. The second-order valence-corrected chi connectivity index (χ2v) is 9.85. The van der Waals surface area contributed by atoms with Gasteiger partial charge in [0.25, 0.3) is 5.91 Å². The number of nitrogens with one attached hydrogen (secondary N) is 1. The highest BCUT2D eigenvalue weighted by Gasteiger charge is 2.51. The van der Waals surface area contributed by atoms with Crippen molar-refractivity contribution in [2.75, 3.05) is 13.1 Å². The Kier molecular flexibility index (Phi) is 5.65. The molecule has 3 aliphatic rings. The minimum Gasteiger partial charge on any atom is -0.384 e. The Balaban J connectivity index is 1.69. The molecule has 162 valence electrons. The molecular weight excluding hydrogens is 374 g/mol. The highest BCUT2D eigenvalue weighted by atomic mass is 16.2. The molecule has 1 fully saturated rings. The van der Waals surface area contributed by atoms with Crippen molar-refractivity contribution in [2.24, 2.45) is 11.8 Å². The summed E-state index contributed by atoms with van der Waals surface area (Å²) in [7, 11) is 0. The van der Waals surface area contributed by atoms with Crippen molar-refractivity contribution in [3.63, 3.8) is 0 Å². The van der Waals surface area contributed by atoms with Crippen LogP contribution in [0.25, 0.3) is 0 Å². The number of carbonyl (C=O) groups excluding carboxylic acids is 2. The molecule has 5 nitrogen and oxygen atoms in total. The van der Waals surface area contributed by atoms with E-state index in [1.54, 1.807) is 0 Å². The van der Waals surface area contributed by atoms with Crippen molar-refractivity contribution in [3.8, 4) is 0 Å². The van der Waals surface area contributed by atoms with Crippen LogP contribution in [0.3, 0.4) is 0 Å². The normalized spacial score (nSPS) is 24.3. The third kappa shape index (κ3) is 3.52. The summed E-state index contributed by atoms with van der Waals surface area (Å²) in [5.41, 5.74) is 2.50. The van der Waals surface area contributed by atoms with Crippen LogP contribution in [-0.4, -0.2) is 46.3 Å². The Morgan fingerprint density at radius 1 is 1.17 bits per heavy atom. The molecule has 2 heterocycles. The summed E-state index contributed by atoms with van der Waals surface area (Å²) in [4.78, 5) is 31.2. The van der Waals surface area contributed by atoms with Crippen LogP contribution in [0.5, 0.6) is 0 Å². The summed E-state index contributed by atoms with van der Waals surface area (Å²) in [5, 5.41) is 3.56. The molecule has 1 aliphatic carbocycles. The molecule has 1 aromatic rings. The second-order valence-electron chi connectivity index (χ2n) is 9.85. The number of benzene rings is 1. The fourth-order valence-corrected chi connectivity index (χ4v) is 5.54. The van der Waals surface area contributed by atoms with Gasteiger partial charge in [0.15, 0.2) is 0 Å². The molecule has 0 aromatic heterocycles. The van der Waals surface area contributed by atoms with Crippen molar-refractivity contribution in [1.82, 2.24) is 15.1 Å². The minimum atomic E-state index is -0.429. The topological polar surface area (TPSA) is 52.7 Å². The summed E-state index contributed by atoms with van der Waals surface area (Å²) in [6.07, 6.45) is 4.25. The number of hydrogen-bond donors (Lipinski definition) is 1. The number of carbonyl (C=O) groups is 2. The van der Waals surface area contributed by atoms with E-state index in [4.69, 9.17) is 0 Å². The third-order valence-electron chi connectivity index (χ3n) is 7.12. The maximum Gasteiger partial charge on any atom is 0.254 e. The zero-order chi connectivity index (χ0) is 21.5. The first-order chi connectivity index (χ1) is 14.3. The van der Waals surface area contributed by atoms with E-state index < -0.39 is 5.54 Å². The molecule has 1 unspecified atom stereocenters. The van der Waals surface area contributed by atoms with E-state index in [0.29, 0.717) is 19.6 Å². The van der Waals surface area contributed by atoms with Gasteiger partial charge < -0.3 is 15.1 Å².